The molecule has 0 atom stereocenters. The van der Waals surface area contributed by atoms with Crippen molar-refractivity contribution in [1.82, 2.24) is 14.5 Å². The van der Waals surface area contributed by atoms with E-state index in [0.717, 1.165) is 32.5 Å². The third kappa shape index (κ3) is 5.57. The van der Waals surface area contributed by atoms with Gasteiger partial charge in [-0.25, -0.2) is 8.42 Å². The van der Waals surface area contributed by atoms with Crippen molar-refractivity contribution in [2.75, 3.05) is 26.2 Å². The number of nitrogens with one attached hydrogen (secondary N) is 1. The number of nitrogens with zero attached hydrogens (tertiary/aromatic N) is 2. The summed E-state index contributed by atoms with van der Waals surface area (Å²) < 4.78 is 27.1. The van der Waals surface area contributed by atoms with Gasteiger partial charge in [-0.15, -0.1) is 0 Å². The Morgan fingerprint density at radius 1 is 0.938 bits per heavy atom. The van der Waals surface area contributed by atoms with Crippen molar-refractivity contribution in [1.29, 1.82) is 0 Å². The number of carbonyl (C=O) groups excluding carboxylic acids is 1. The molecule has 32 heavy (non-hydrogen) atoms. The third-order valence-electron chi connectivity index (χ3n) is 6.63. The zero-order valence-electron chi connectivity index (χ0n) is 18.7. The quantitative estimate of drug-likeness (QED) is 0.726. The molecule has 0 aromatic heterocycles. The summed E-state index contributed by atoms with van der Waals surface area (Å²) in [6.45, 7) is 5.82. The molecule has 2 fully saturated rings. The summed E-state index contributed by atoms with van der Waals surface area (Å²) >= 11 is 0. The highest BCUT2D eigenvalue weighted by molar-refractivity contribution is 7.89. The average molecular weight is 456 g/mol. The maximum Gasteiger partial charge on any atom is 0.243 e. The number of likely N-dealkylation sites (tertiary alicyclic amines) is 1. The molecule has 0 bridgehead atoms. The number of hydrogen-bond donors (Lipinski definition) is 1. The van der Waals surface area contributed by atoms with Crippen LogP contribution < -0.4 is 5.32 Å². The van der Waals surface area contributed by atoms with Gasteiger partial charge in [0.05, 0.1) is 4.90 Å². The maximum atomic E-state index is 12.8. The number of benzene rings is 2. The Morgan fingerprint density at radius 3 is 2.28 bits per heavy atom. The monoisotopic (exact) mass is 455 g/mol. The van der Waals surface area contributed by atoms with Crippen LogP contribution in [0.2, 0.25) is 0 Å². The fraction of sp³-hybridized carbons (Fsp3) is 0.480. The summed E-state index contributed by atoms with van der Waals surface area (Å²) in [4.78, 5) is 15.6. The summed E-state index contributed by atoms with van der Waals surface area (Å²) in [7, 11) is -3.48. The first-order valence-electron chi connectivity index (χ1n) is 11.6. The molecule has 0 spiro atoms. The van der Waals surface area contributed by atoms with Crippen molar-refractivity contribution in [3.63, 3.8) is 0 Å². The number of rotatable bonds is 6. The van der Waals surface area contributed by atoms with Crippen LogP contribution in [0.3, 0.4) is 0 Å². The Kier molecular flexibility index (Phi) is 7.28. The highest BCUT2D eigenvalue weighted by Gasteiger charge is 2.33. The van der Waals surface area contributed by atoms with Gasteiger partial charge in [-0.05, 0) is 50.3 Å². The lowest BCUT2D eigenvalue weighted by Gasteiger charge is -2.34. The largest absolute Gasteiger partial charge is 0.353 e. The molecule has 0 unspecified atom stereocenters. The van der Waals surface area contributed by atoms with Gasteiger partial charge in [0.15, 0.2) is 0 Å². The minimum Gasteiger partial charge on any atom is -0.353 e. The zero-order chi connectivity index (χ0) is 22.6. The molecule has 2 heterocycles. The van der Waals surface area contributed by atoms with Crippen LogP contribution >= 0.6 is 0 Å². The van der Waals surface area contributed by atoms with Gasteiger partial charge in [-0.1, -0.05) is 48.0 Å². The number of piperidine rings is 2. The van der Waals surface area contributed by atoms with E-state index in [9.17, 15) is 13.2 Å². The Labute approximate surface area is 191 Å². The van der Waals surface area contributed by atoms with E-state index in [1.54, 1.807) is 24.3 Å². The van der Waals surface area contributed by atoms with Gasteiger partial charge in [-0.3, -0.25) is 9.69 Å². The molecule has 0 aliphatic carbocycles. The predicted molar refractivity (Wildman–Crippen MR) is 126 cm³/mol. The lowest BCUT2D eigenvalue weighted by molar-refractivity contribution is -0.127. The third-order valence-corrected chi connectivity index (χ3v) is 8.54. The fourth-order valence-corrected chi connectivity index (χ4v) is 6.21. The average Bonchev–Trinajstić information content (AvgIpc) is 2.81. The Morgan fingerprint density at radius 2 is 1.62 bits per heavy atom. The lowest BCUT2D eigenvalue weighted by Crippen LogP contribution is -2.48. The van der Waals surface area contributed by atoms with Crippen molar-refractivity contribution in [3.8, 4) is 0 Å². The highest BCUT2D eigenvalue weighted by atomic mass is 32.2. The Balaban J connectivity index is 1.22. The van der Waals surface area contributed by atoms with Gasteiger partial charge in [0.2, 0.25) is 15.9 Å². The van der Waals surface area contributed by atoms with E-state index in [2.05, 4.69) is 41.4 Å². The summed E-state index contributed by atoms with van der Waals surface area (Å²) in [6.07, 6.45) is 3.06. The van der Waals surface area contributed by atoms with Crippen LogP contribution in [-0.4, -0.2) is 55.8 Å². The van der Waals surface area contributed by atoms with Gasteiger partial charge in [0.1, 0.15) is 0 Å². The normalized spacial score (nSPS) is 19.7. The molecule has 1 amide bonds. The first-order chi connectivity index (χ1) is 15.4. The second kappa shape index (κ2) is 10.1. The number of amides is 1. The van der Waals surface area contributed by atoms with Crippen LogP contribution in [0.5, 0.6) is 0 Å². The molecule has 2 aliphatic rings. The Bertz CT molecular complexity index is 1010. The molecule has 2 saturated heterocycles. The van der Waals surface area contributed by atoms with Gasteiger partial charge < -0.3 is 5.32 Å². The van der Waals surface area contributed by atoms with Crippen LogP contribution in [0.15, 0.2) is 59.5 Å². The first kappa shape index (κ1) is 23.0. The van der Waals surface area contributed by atoms with Crippen LogP contribution in [-0.2, 0) is 21.4 Å². The smallest absolute Gasteiger partial charge is 0.243 e. The molecule has 172 valence electrons. The van der Waals surface area contributed by atoms with Crippen molar-refractivity contribution >= 4 is 15.9 Å². The predicted octanol–water partition coefficient (Wildman–Crippen LogP) is 3.18. The second-order valence-electron chi connectivity index (χ2n) is 9.04. The van der Waals surface area contributed by atoms with Crippen LogP contribution in [0.25, 0.3) is 0 Å². The summed E-state index contributed by atoms with van der Waals surface area (Å²) in [5.74, 6) is -0.0264. The SMILES string of the molecule is Cc1cccc(CN2CCC(NC(=O)C3CCN(S(=O)(=O)c4ccccc4)CC3)CC2)c1. The fourth-order valence-electron chi connectivity index (χ4n) is 4.72. The molecule has 2 aliphatic heterocycles. The van der Waals surface area contributed by atoms with E-state index >= 15 is 0 Å². The summed E-state index contributed by atoms with van der Waals surface area (Å²) in [5, 5.41) is 3.23. The molecule has 7 heteroatoms. The number of sulfonamides is 1. The molecule has 0 radical (unpaired) electrons. The van der Waals surface area contributed by atoms with Gasteiger partial charge in [-0.2, -0.15) is 4.31 Å². The first-order valence-corrected chi connectivity index (χ1v) is 13.0. The highest BCUT2D eigenvalue weighted by Crippen LogP contribution is 2.24. The zero-order valence-corrected chi connectivity index (χ0v) is 19.6. The summed E-state index contributed by atoms with van der Waals surface area (Å²) in [5.41, 5.74) is 2.62. The second-order valence-corrected chi connectivity index (χ2v) is 11.0. The molecular weight excluding hydrogens is 422 g/mol. The van der Waals surface area contributed by atoms with E-state index in [1.165, 1.54) is 15.4 Å². The van der Waals surface area contributed by atoms with Crippen LogP contribution in [0.4, 0.5) is 0 Å². The van der Waals surface area contributed by atoms with Crippen LogP contribution in [0.1, 0.15) is 36.8 Å². The van der Waals surface area contributed by atoms with Gasteiger partial charge in [0.25, 0.3) is 0 Å². The number of aryl methyl sites for hydroxylation is 1. The Hall–Kier alpha value is -2.22. The molecule has 2 aromatic rings. The topological polar surface area (TPSA) is 69.7 Å². The minimum atomic E-state index is -3.48. The maximum absolute atomic E-state index is 12.8. The number of carbonyl (C=O) groups is 1. The lowest BCUT2D eigenvalue weighted by atomic mass is 9.95. The number of hydrogen-bond acceptors (Lipinski definition) is 4. The molecule has 1 N–H and O–H groups in total. The van der Waals surface area contributed by atoms with Crippen molar-refractivity contribution in [3.05, 3.63) is 65.7 Å². The molecule has 0 saturated carbocycles. The standard InChI is InChI=1S/C25H33N3O3S/c1-20-6-5-7-21(18-20)19-27-14-12-23(13-15-27)26-25(29)22-10-16-28(17-11-22)32(30,31)24-8-3-2-4-9-24/h2-9,18,22-23H,10-17,19H2,1H3,(H,26,29). The molecule has 6 nitrogen and oxygen atoms in total. The van der Waals surface area contributed by atoms with Gasteiger partial charge in [0, 0.05) is 44.7 Å². The van der Waals surface area contributed by atoms with Crippen LogP contribution in [0, 0.1) is 12.8 Å². The van der Waals surface area contributed by atoms with E-state index in [1.807, 2.05) is 6.07 Å². The molecular formula is C25H33N3O3S. The minimum absolute atomic E-state index is 0.0823. The van der Waals surface area contributed by atoms with Crippen molar-refractivity contribution in [2.45, 2.75) is 50.1 Å². The molecule has 2 aromatic carbocycles. The van der Waals surface area contributed by atoms with Crippen molar-refractivity contribution in [2.24, 2.45) is 5.92 Å². The van der Waals surface area contributed by atoms with E-state index < -0.39 is 10.0 Å². The van der Waals surface area contributed by atoms with E-state index in [-0.39, 0.29) is 17.9 Å². The summed E-state index contributed by atoms with van der Waals surface area (Å²) in [6, 6.07) is 17.4. The van der Waals surface area contributed by atoms with E-state index in [0.29, 0.717) is 30.8 Å². The molecule has 4 rings (SSSR count). The van der Waals surface area contributed by atoms with Crippen molar-refractivity contribution < 1.29 is 13.2 Å². The van der Waals surface area contributed by atoms with E-state index in [4.69, 9.17) is 0 Å². The van der Waals surface area contributed by atoms with Gasteiger partial charge >= 0.3 is 0 Å².